The first-order valence-corrected chi connectivity index (χ1v) is 5.74. The number of ether oxygens (including phenoxy) is 2. The van der Waals surface area contributed by atoms with E-state index in [-0.39, 0.29) is 0 Å². The lowest BCUT2D eigenvalue weighted by atomic mass is 10.1. The summed E-state index contributed by atoms with van der Waals surface area (Å²) in [6, 6.07) is 13.4. The predicted molar refractivity (Wildman–Crippen MR) is 71.5 cm³/mol. The van der Waals surface area contributed by atoms with E-state index in [1.165, 1.54) is 0 Å². The summed E-state index contributed by atoms with van der Waals surface area (Å²) < 4.78 is 10.4. The van der Waals surface area contributed by atoms with E-state index >= 15 is 0 Å². The van der Waals surface area contributed by atoms with Gasteiger partial charge < -0.3 is 15.2 Å². The van der Waals surface area contributed by atoms with Gasteiger partial charge in [0.2, 0.25) is 5.88 Å². The molecule has 2 N–H and O–H groups in total. The van der Waals surface area contributed by atoms with Crippen molar-refractivity contribution in [1.82, 2.24) is 4.98 Å². The summed E-state index contributed by atoms with van der Waals surface area (Å²) in [5.74, 6) is 0.519. The highest BCUT2D eigenvalue weighted by Gasteiger charge is 2.04. The fourth-order valence-electron chi connectivity index (χ4n) is 1.59. The largest absolute Gasteiger partial charge is 0.475 e. The van der Waals surface area contributed by atoms with Crippen molar-refractivity contribution in [3.8, 4) is 17.1 Å². The Morgan fingerprint density at radius 1 is 1.11 bits per heavy atom. The maximum Gasteiger partial charge on any atom is 0.215 e. The van der Waals surface area contributed by atoms with Gasteiger partial charge in [-0.1, -0.05) is 30.3 Å². The molecule has 0 aliphatic rings. The van der Waals surface area contributed by atoms with Crippen LogP contribution in [0.25, 0.3) is 11.3 Å². The van der Waals surface area contributed by atoms with Gasteiger partial charge >= 0.3 is 0 Å². The zero-order valence-electron chi connectivity index (χ0n) is 10.3. The number of pyridine rings is 1. The molecular weight excluding hydrogens is 228 g/mol. The molecule has 94 valence electrons. The fourth-order valence-corrected chi connectivity index (χ4v) is 1.59. The number of aromatic nitrogens is 1. The van der Waals surface area contributed by atoms with Gasteiger partial charge in [-0.3, -0.25) is 0 Å². The van der Waals surface area contributed by atoms with Crippen LogP contribution in [-0.4, -0.2) is 25.3 Å². The van der Waals surface area contributed by atoms with Gasteiger partial charge in [-0.15, -0.1) is 0 Å². The molecule has 0 bridgehead atoms. The van der Waals surface area contributed by atoms with Crippen LogP contribution < -0.4 is 10.5 Å². The summed E-state index contributed by atoms with van der Waals surface area (Å²) in [6.45, 7) is 0.984. The van der Waals surface area contributed by atoms with E-state index in [0.29, 0.717) is 24.8 Å². The molecule has 1 aromatic carbocycles. The van der Waals surface area contributed by atoms with E-state index in [0.717, 1.165) is 11.3 Å². The summed E-state index contributed by atoms with van der Waals surface area (Å²) in [5.41, 5.74) is 8.31. The van der Waals surface area contributed by atoms with Crippen LogP contribution >= 0.6 is 0 Å². The molecule has 0 unspecified atom stereocenters. The predicted octanol–water partition coefficient (Wildman–Crippen LogP) is 2.36. The normalized spacial score (nSPS) is 10.3. The Balaban J connectivity index is 2.21. The molecule has 1 heterocycles. The molecule has 0 atom stereocenters. The van der Waals surface area contributed by atoms with Gasteiger partial charge in [0, 0.05) is 24.4 Å². The minimum Gasteiger partial charge on any atom is -0.475 e. The van der Waals surface area contributed by atoms with Crippen molar-refractivity contribution in [3.05, 3.63) is 42.5 Å². The number of hydrogen-bond donors (Lipinski definition) is 1. The molecule has 4 heteroatoms. The number of rotatable bonds is 5. The molecule has 0 aliphatic carbocycles. The van der Waals surface area contributed by atoms with Crippen LogP contribution in [0.2, 0.25) is 0 Å². The van der Waals surface area contributed by atoms with Gasteiger partial charge in [0.15, 0.2) is 0 Å². The van der Waals surface area contributed by atoms with Crippen LogP contribution in [0.15, 0.2) is 42.5 Å². The van der Waals surface area contributed by atoms with Crippen molar-refractivity contribution in [3.63, 3.8) is 0 Å². The van der Waals surface area contributed by atoms with E-state index in [4.69, 9.17) is 15.2 Å². The Morgan fingerprint density at radius 3 is 2.61 bits per heavy atom. The number of methoxy groups -OCH3 is 1. The van der Waals surface area contributed by atoms with E-state index in [9.17, 15) is 0 Å². The Kier molecular flexibility index (Phi) is 4.15. The Labute approximate surface area is 106 Å². The third-order valence-corrected chi connectivity index (χ3v) is 2.43. The molecule has 18 heavy (non-hydrogen) atoms. The summed E-state index contributed by atoms with van der Waals surface area (Å²) in [6.07, 6.45) is 0. The molecule has 2 aromatic rings. The number of nitrogens with zero attached hydrogens (tertiary/aromatic N) is 1. The van der Waals surface area contributed by atoms with Crippen LogP contribution in [0.1, 0.15) is 0 Å². The quantitative estimate of drug-likeness (QED) is 0.820. The van der Waals surface area contributed by atoms with Gasteiger partial charge in [-0.2, -0.15) is 0 Å². The topological polar surface area (TPSA) is 57.4 Å². The van der Waals surface area contributed by atoms with E-state index in [2.05, 4.69) is 4.98 Å². The second-order valence-electron chi connectivity index (χ2n) is 3.83. The van der Waals surface area contributed by atoms with E-state index in [1.54, 1.807) is 13.2 Å². The van der Waals surface area contributed by atoms with Crippen LogP contribution in [0.3, 0.4) is 0 Å². The molecule has 0 amide bonds. The lowest BCUT2D eigenvalue weighted by Crippen LogP contribution is -2.06. The van der Waals surface area contributed by atoms with Crippen molar-refractivity contribution in [2.75, 3.05) is 26.1 Å². The molecule has 0 aliphatic heterocycles. The molecular formula is C14H16N2O2. The zero-order valence-corrected chi connectivity index (χ0v) is 10.3. The number of hydrogen-bond acceptors (Lipinski definition) is 4. The first-order chi connectivity index (χ1) is 8.79. The van der Waals surface area contributed by atoms with Gasteiger partial charge in [-0.05, 0) is 6.07 Å². The fraction of sp³-hybridized carbons (Fsp3) is 0.214. The molecule has 2 rings (SSSR count). The lowest BCUT2D eigenvalue weighted by Gasteiger charge is -2.08. The number of benzene rings is 1. The minimum atomic E-state index is 0.460. The van der Waals surface area contributed by atoms with Gasteiger partial charge in [0.25, 0.3) is 0 Å². The maximum atomic E-state index is 5.85. The average molecular weight is 244 g/mol. The highest BCUT2D eigenvalue weighted by molar-refractivity contribution is 5.64. The molecule has 1 aromatic heterocycles. The van der Waals surface area contributed by atoms with Crippen LogP contribution in [0, 0.1) is 0 Å². The minimum absolute atomic E-state index is 0.460. The van der Waals surface area contributed by atoms with E-state index in [1.807, 2.05) is 36.4 Å². The van der Waals surface area contributed by atoms with E-state index < -0.39 is 0 Å². The number of nitrogens with two attached hydrogens (primary N) is 1. The van der Waals surface area contributed by atoms with Crippen molar-refractivity contribution in [2.45, 2.75) is 0 Å². The smallest absolute Gasteiger partial charge is 0.215 e. The van der Waals surface area contributed by atoms with Crippen LogP contribution in [0.4, 0.5) is 5.69 Å². The van der Waals surface area contributed by atoms with Crippen molar-refractivity contribution < 1.29 is 9.47 Å². The first-order valence-electron chi connectivity index (χ1n) is 5.74. The number of nitrogen functional groups attached to an aromatic ring is 1. The molecule has 0 spiro atoms. The van der Waals surface area contributed by atoms with Gasteiger partial charge in [0.05, 0.1) is 12.3 Å². The Morgan fingerprint density at radius 2 is 1.89 bits per heavy atom. The number of anilines is 1. The Hall–Kier alpha value is -2.07. The molecule has 0 fully saturated rings. The summed E-state index contributed by atoms with van der Waals surface area (Å²) >= 11 is 0. The highest BCUT2D eigenvalue weighted by atomic mass is 16.5. The standard InChI is InChI=1S/C14H16N2O2/c1-17-7-8-18-14-10-12(15)9-13(16-14)11-5-3-2-4-6-11/h2-6,9-10H,7-8H2,1H3,(H2,15,16). The average Bonchev–Trinajstić information content (AvgIpc) is 2.39. The molecule has 0 saturated carbocycles. The van der Waals surface area contributed by atoms with Crippen molar-refractivity contribution >= 4 is 5.69 Å². The van der Waals surface area contributed by atoms with Crippen LogP contribution in [-0.2, 0) is 4.74 Å². The molecule has 0 radical (unpaired) electrons. The third kappa shape index (κ3) is 3.21. The summed E-state index contributed by atoms with van der Waals surface area (Å²) in [5, 5.41) is 0. The van der Waals surface area contributed by atoms with Crippen LogP contribution in [0.5, 0.6) is 5.88 Å². The Bertz CT molecular complexity index is 500. The summed E-state index contributed by atoms with van der Waals surface area (Å²) in [4.78, 5) is 4.42. The second kappa shape index (κ2) is 6.02. The van der Waals surface area contributed by atoms with Crippen molar-refractivity contribution in [2.24, 2.45) is 0 Å². The molecule has 4 nitrogen and oxygen atoms in total. The van der Waals surface area contributed by atoms with Crippen molar-refractivity contribution in [1.29, 1.82) is 0 Å². The maximum absolute atomic E-state index is 5.85. The SMILES string of the molecule is COCCOc1cc(N)cc(-c2ccccc2)n1. The lowest BCUT2D eigenvalue weighted by molar-refractivity contribution is 0.144. The third-order valence-electron chi connectivity index (χ3n) is 2.43. The van der Waals surface area contributed by atoms with Gasteiger partial charge in [-0.25, -0.2) is 4.98 Å². The summed E-state index contributed by atoms with van der Waals surface area (Å²) in [7, 11) is 1.63. The zero-order chi connectivity index (χ0) is 12.8. The second-order valence-corrected chi connectivity index (χ2v) is 3.83. The monoisotopic (exact) mass is 244 g/mol. The molecule has 0 saturated heterocycles. The first kappa shape index (κ1) is 12.4. The highest BCUT2D eigenvalue weighted by Crippen LogP contribution is 2.23. The van der Waals surface area contributed by atoms with Gasteiger partial charge in [0.1, 0.15) is 6.61 Å².